The van der Waals surface area contributed by atoms with Crippen molar-refractivity contribution in [3.8, 4) is 0 Å². The van der Waals surface area contributed by atoms with Crippen LogP contribution >= 0.6 is 0 Å². The highest BCUT2D eigenvalue weighted by molar-refractivity contribution is 7.85. The van der Waals surface area contributed by atoms with Crippen LogP contribution in [0.25, 0.3) is 0 Å². The Hall–Kier alpha value is -1.05. The maximum Gasteiger partial charge on any atom is 0.264 e. The molecule has 0 radical (unpaired) electrons. The highest BCUT2D eigenvalue weighted by Gasteiger charge is 2.15. The molecule has 1 rings (SSSR count). The number of allylic oxidation sites excluding steroid dienone is 2. The van der Waals surface area contributed by atoms with Gasteiger partial charge >= 0.3 is 0 Å². The fourth-order valence-corrected chi connectivity index (χ4v) is 1.83. The second kappa shape index (κ2) is 4.65. The third kappa shape index (κ3) is 3.90. The minimum absolute atomic E-state index is 0.285. The Bertz CT molecular complexity index is 375. The molecule has 0 aromatic carbocycles. The van der Waals surface area contributed by atoms with Crippen LogP contribution in [0.2, 0.25) is 0 Å². The van der Waals surface area contributed by atoms with E-state index in [4.69, 9.17) is 16.0 Å². The molecule has 1 heterocycles. The number of nitrogens with two attached hydrogens (primary N) is 2. The molecular formula is C8H15N3O3S. The van der Waals surface area contributed by atoms with E-state index in [9.17, 15) is 8.42 Å². The van der Waals surface area contributed by atoms with Gasteiger partial charge in [0.05, 0.1) is 11.9 Å². The molecule has 1 unspecified atom stereocenters. The molecule has 1 aliphatic heterocycles. The molecule has 15 heavy (non-hydrogen) atoms. The van der Waals surface area contributed by atoms with E-state index in [2.05, 4.69) is 0 Å². The smallest absolute Gasteiger partial charge is 0.264 e. The van der Waals surface area contributed by atoms with Crippen LogP contribution in [0.3, 0.4) is 0 Å². The fourth-order valence-electron chi connectivity index (χ4n) is 1.34. The van der Waals surface area contributed by atoms with Crippen molar-refractivity contribution in [1.29, 1.82) is 0 Å². The van der Waals surface area contributed by atoms with Crippen LogP contribution in [-0.4, -0.2) is 36.3 Å². The van der Waals surface area contributed by atoms with Gasteiger partial charge in [-0.25, -0.2) is 0 Å². The zero-order valence-electron chi connectivity index (χ0n) is 8.20. The minimum Gasteiger partial charge on any atom is -0.385 e. The predicted molar refractivity (Wildman–Crippen MR) is 57.1 cm³/mol. The van der Waals surface area contributed by atoms with Gasteiger partial charge in [-0.05, 0) is 18.6 Å². The van der Waals surface area contributed by atoms with Crippen molar-refractivity contribution in [2.45, 2.75) is 12.6 Å². The molecule has 0 bridgehead atoms. The summed E-state index contributed by atoms with van der Waals surface area (Å²) in [5, 5.41) is 0. The molecular weight excluding hydrogens is 218 g/mol. The highest BCUT2D eigenvalue weighted by Crippen LogP contribution is 2.09. The van der Waals surface area contributed by atoms with E-state index in [1.807, 2.05) is 0 Å². The van der Waals surface area contributed by atoms with Crippen molar-refractivity contribution in [2.75, 3.05) is 12.3 Å². The quantitative estimate of drug-likeness (QED) is 0.549. The fraction of sp³-hybridized carbons (Fsp3) is 0.500. The van der Waals surface area contributed by atoms with Gasteiger partial charge in [0.2, 0.25) is 0 Å². The van der Waals surface area contributed by atoms with Crippen molar-refractivity contribution < 1.29 is 13.0 Å². The Kier molecular flexibility index (Phi) is 3.72. The molecule has 1 atom stereocenters. The first-order chi connectivity index (χ1) is 6.90. The van der Waals surface area contributed by atoms with E-state index in [1.54, 1.807) is 23.1 Å². The van der Waals surface area contributed by atoms with Crippen molar-refractivity contribution in [3.05, 3.63) is 24.0 Å². The second-order valence-electron chi connectivity index (χ2n) is 3.30. The Morgan fingerprint density at radius 3 is 2.73 bits per heavy atom. The molecule has 0 aliphatic carbocycles. The van der Waals surface area contributed by atoms with Gasteiger partial charge in [-0.15, -0.1) is 0 Å². The summed E-state index contributed by atoms with van der Waals surface area (Å²) >= 11 is 0. The van der Waals surface area contributed by atoms with E-state index in [0.29, 0.717) is 12.4 Å². The molecule has 86 valence electrons. The van der Waals surface area contributed by atoms with E-state index < -0.39 is 10.1 Å². The molecule has 0 fully saturated rings. The van der Waals surface area contributed by atoms with Crippen molar-refractivity contribution in [3.63, 3.8) is 0 Å². The summed E-state index contributed by atoms with van der Waals surface area (Å²) in [5.74, 6) is 0.216. The van der Waals surface area contributed by atoms with Crippen LogP contribution in [0.5, 0.6) is 0 Å². The summed E-state index contributed by atoms with van der Waals surface area (Å²) in [4.78, 5) is 1.67. The number of rotatable bonds is 4. The van der Waals surface area contributed by atoms with Gasteiger partial charge in [-0.1, -0.05) is 6.08 Å². The largest absolute Gasteiger partial charge is 0.385 e. The van der Waals surface area contributed by atoms with E-state index in [-0.39, 0.29) is 18.3 Å². The molecule has 0 saturated carbocycles. The summed E-state index contributed by atoms with van der Waals surface area (Å²) in [5.41, 5.74) is 11.4. The zero-order chi connectivity index (χ0) is 11.5. The molecule has 6 nitrogen and oxygen atoms in total. The lowest BCUT2D eigenvalue weighted by Crippen LogP contribution is -2.44. The van der Waals surface area contributed by atoms with Gasteiger partial charge in [0, 0.05) is 6.54 Å². The van der Waals surface area contributed by atoms with Crippen molar-refractivity contribution in [2.24, 2.45) is 11.5 Å². The summed E-state index contributed by atoms with van der Waals surface area (Å²) in [6.45, 7) is 0.396. The number of hydrogen-bond acceptors (Lipinski definition) is 5. The SMILES string of the molecule is NC1=CC=CC(N)N1CCCS(=O)(=O)O. The molecule has 0 spiro atoms. The van der Waals surface area contributed by atoms with Crippen LogP contribution in [-0.2, 0) is 10.1 Å². The third-order valence-corrected chi connectivity index (χ3v) is 2.87. The monoisotopic (exact) mass is 233 g/mol. The van der Waals surface area contributed by atoms with Crippen molar-refractivity contribution >= 4 is 10.1 Å². The number of nitrogens with zero attached hydrogens (tertiary/aromatic N) is 1. The van der Waals surface area contributed by atoms with E-state index >= 15 is 0 Å². The van der Waals surface area contributed by atoms with Gasteiger partial charge in [0.25, 0.3) is 10.1 Å². The lowest BCUT2D eigenvalue weighted by molar-refractivity contribution is 0.289. The third-order valence-electron chi connectivity index (χ3n) is 2.07. The summed E-state index contributed by atoms with van der Waals surface area (Å²) in [6, 6.07) is 0. The van der Waals surface area contributed by atoms with Crippen LogP contribution in [0, 0.1) is 0 Å². The Balaban J connectivity index is 2.45. The Labute approximate surface area is 89.0 Å². The lowest BCUT2D eigenvalue weighted by atomic mass is 10.2. The highest BCUT2D eigenvalue weighted by atomic mass is 32.2. The maximum atomic E-state index is 10.5. The first-order valence-electron chi connectivity index (χ1n) is 4.51. The average Bonchev–Trinajstić information content (AvgIpc) is 2.08. The normalized spacial score (nSPS) is 21.6. The average molecular weight is 233 g/mol. The molecule has 0 aromatic rings. The van der Waals surface area contributed by atoms with Crippen LogP contribution in [0.1, 0.15) is 6.42 Å². The van der Waals surface area contributed by atoms with Gasteiger partial charge in [0.15, 0.2) is 0 Å². The molecule has 0 saturated heterocycles. The van der Waals surface area contributed by atoms with Crippen LogP contribution in [0.15, 0.2) is 24.0 Å². The summed E-state index contributed by atoms with van der Waals surface area (Å²) < 4.78 is 29.5. The summed E-state index contributed by atoms with van der Waals surface area (Å²) in [7, 11) is -3.91. The minimum atomic E-state index is -3.91. The van der Waals surface area contributed by atoms with Gasteiger partial charge in [-0.3, -0.25) is 4.55 Å². The Morgan fingerprint density at radius 1 is 1.53 bits per heavy atom. The standard InChI is InChI=1S/C8H15N3O3S/c9-7-3-1-4-8(10)11(7)5-2-6-15(12,13)14/h1,3-4,7H,2,5-6,9-10H2,(H,12,13,14). The molecule has 1 aliphatic rings. The zero-order valence-corrected chi connectivity index (χ0v) is 9.02. The first kappa shape index (κ1) is 12.0. The van der Waals surface area contributed by atoms with Gasteiger partial charge in [0.1, 0.15) is 5.82 Å². The molecule has 7 heteroatoms. The molecule has 5 N–H and O–H groups in total. The first-order valence-corrected chi connectivity index (χ1v) is 6.12. The summed E-state index contributed by atoms with van der Waals surface area (Å²) in [6.07, 6.45) is 5.14. The topological polar surface area (TPSA) is 110 Å². The Morgan fingerprint density at radius 2 is 2.20 bits per heavy atom. The van der Waals surface area contributed by atoms with Gasteiger partial charge < -0.3 is 16.4 Å². The van der Waals surface area contributed by atoms with E-state index in [0.717, 1.165) is 0 Å². The number of hydrogen-bond donors (Lipinski definition) is 3. The molecule has 0 aromatic heterocycles. The lowest BCUT2D eigenvalue weighted by Gasteiger charge is -2.30. The van der Waals surface area contributed by atoms with Crippen LogP contribution < -0.4 is 11.5 Å². The predicted octanol–water partition coefficient (Wildman–Crippen LogP) is -0.779. The second-order valence-corrected chi connectivity index (χ2v) is 4.87. The molecule has 0 amide bonds. The van der Waals surface area contributed by atoms with Gasteiger partial charge in [-0.2, -0.15) is 8.42 Å². The van der Waals surface area contributed by atoms with Crippen molar-refractivity contribution in [1.82, 2.24) is 4.90 Å². The van der Waals surface area contributed by atoms with E-state index in [1.165, 1.54) is 0 Å². The van der Waals surface area contributed by atoms with Crippen LogP contribution in [0.4, 0.5) is 0 Å². The maximum absolute atomic E-state index is 10.5.